The molecule has 0 aliphatic heterocycles. The van der Waals surface area contributed by atoms with Crippen LogP contribution >= 0.6 is 15.9 Å². The molecule has 4 heteroatoms. The van der Waals surface area contributed by atoms with Gasteiger partial charge in [0.15, 0.2) is 0 Å². The molecule has 0 amide bonds. The molecule has 1 N–H and O–H groups in total. The Balaban J connectivity index is 2.32. The van der Waals surface area contributed by atoms with Gasteiger partial charge in [0.2, 0.25) is 0 Å². The molecule has 0 fully saturated rings. The fourth-order valence-electron chi connectivity index (χ4n) is 1.92. The number of hydrogen-bond acceptors (Lipinski definition) is 3. The summed E-state index contributed by atoms with van der Waals surface area (Å²) in [4.78, 5) is 9.23. The molecule has 3 nitrogen and oxygen atoms in total. The van der Waals surface area contributed by atoms with E-state index in [1.54, 1.807) is 0 Å². The van der Waals surface area contributed by atoms with Gasteiger partial charge in [-0.15, -0.1) is 0 Å². The van der Waals surface area contributed by atoms with Crippen LogP contribution in [0.15, 0.2) is 34.8 Å². The molecule has 0 aliphatic carbocycles. The van der Waals surface area contributed by atoms with E-state index in [0.717, 1.165) is 41.2 Å². The molecule has 0 bridgehead atoms. The molecule has 0 saturated heterocycles. The minimum atomic E-state index is 0.763. The zero-order valence-corrected chi connectivity index (χ0v) is 12.9. The molecule has 2 aromatic rings. The van der Waals surface area contributed by atoms with Crippen molar-refractivity contribution in [1.82, 2.24) is 9.97 Å². The summed E-state index contributed by atoms with van der Waals surface area (Å²) in [7, 11) is 0. The Bertz CT molecular complexity index is 541. The molecule has 0 spiro atoms. The van der Waals surface area contributed by atoms with Gasteiger partial charge in [0.25, 0.3) is 0 Å². The van der Waals surface area contributed by atoms with Crippen molar-refractivity contribution in [3.8, 4) is 0 Å². The number of halogens is 1. The number of nitrogens with one attached hydrogen (secondary N) is 1. The van der Waals surface area contributed by atoms with Crippen LogP contribution in [0.5, 0.6) is 0 Å². The number of aromatic nitrogens is 2. The fourth-order valence-corrected chi connectivity index (χ4v) is 2.52. The molecule has 0 saturated carbocycles. The topological polar surface area (TPSA) is 37.8 Å². The Morgan fingerprint density at radius 2 is 1.84 bits per heavy atom. The molecule has 100 valence electrons. The Hall–Kier alpha value is -1.42. The van der Waals surface area contributed by atoms with Crippen molar-refractivity contribution in [3.05, 3.63) is 51.9 Å². The standard InChI is InChI=1S/C15H18BrN3/c1-3-12-14(16)15(17-4-2)19-13(18-12)10-11-8-6-5-7-9-11/h5-9H,3-4,10H2,1-2H3,(H,17,18,19). The van der Waals surface area contributed by atoms with Crippen molar-refractivity contribution >= 4 is 21.7 Å². The number of hydrogen-bond donors (Lipinski definition) is 1. The molecule has 1 heterocycles. The van der Waals surface area contributed by atoms with Crippen molar-refractivity contribution in [1.29, 1.82) is 0 Å². The minimum absolute atomic E-state index is 0.763. The van der Waals surface area contributed by atoms with Gasteiger partial charge in [-0.1, -0.05) is 37.3 Å². The Labute approximate surface area is 122 Å². The van der Waals surface area contributed by atoms with E-state index < -0.39 is 0 Å². The van der Waals surface area contributed by atoms with Crippen LogP contribution in [0.3, 0.4) is 0 Å². The lowest BCUT2D eigenvalue weighted by atomic mass is 10.1. The van der Waals surface area contributed by atoms with Crippen LogP contribution in [0.25, 0.3) is 0 Å². The molecule has 0 aliphatic rings. The van der Waals surface area contributed by atoms with Gasteiger partial charge in [0.1, 0.15) is 11.6 Å². The molecule has 0 atom stereocenters. The average molecular weight is 320 g/mol. The number of rotatable bonds is 5. The normalized spacial score (nSPS) is 10.5. The molecule has 0 radical (unpaired) electrons. The third-order valence-corrected chi connectivity index (χ3v) is 3.68. The molecular weight excluding hydrogens is 302 g/mol. The van der Waals surface area contributed by atoms with E-state index in [0.29, 0.717) is 0 Å². The second-order valence-corrected chi connectivity index (χ2v) is 5.09. The van der Waals surface area contributed by atoms with E-state index in [2.05, 4.69) is 57.2 Å². The van der Waals surface area contributed by atoms with E-state index in [-0.39, 0.29) is 0 Å². The molecule has 0 unspecified atom stereocenters. The summed E-state index contributed by atoms with van der Waals surface area (Å²) in [5.41, 5.74) is 2.28. The second kappa shape index (κ2) is 6.66. The van der Waals surface area contributed by atoms with Crippen molar-refractivity contribution in [2.24, 2.45) is 0 Å². The van der Waals surface area contributed by atoms with Crippen LogP contribution in [0, 0.1) is 0 Å². The lowest BCUT2D eigenvalue weighted by molar-refractivity contribution is 0.894. The number of anilines is 1. The van der Waals surface area contributed by atoms with Crippen LogP contribution in [-0.4, -0.2) is 16.5 Å². The highest BCUT2D eigenvalue weighted by atomic mass is 79.9. The minimum Gasteiger partial charge on any atom is -0.369 e. The first-order valence-corrected chi connectivity index (χ1v) is 7.37. The Morgan fingerprint density at radius 3 is 2.47 bits per heavy atom. The van der Waals surface area contributed by atoms with Crippen LogP contribution in [-0.2, 0) is 12.8 Å². The monoisotopic (exact) mass is 319 g/mol. The predicted molar refractivity (Wildman–Crippen MR) is 82.5 cm³/mol. The molecule has 1 aromatic carbocycles. The maximum Gasteiger partial charge on any atom is 0.144 e. The predicted octanol–water partition coefficient (Wildman–Crippen LogP) is 3.82. The zero-order valence-electron chi connectivity index (χ0n) is 11.3. The summed E-state index contributed by atoms with van der Waals surface area (Å²) in [5, 5.41) is 3.28. The highest BCUT2D eigenvalue weighted by Gasteiger charge is 2.10. The van der Waals surface area contributed by atoms with Crippen molar-refractivity contribution < 1.29 is 0 Å². The Kier molecular flexibility index (Phi) is 4.91. The number of aryl methyl sites for hydroxylation is 1. The lowest BCUT2D eigenvalue weighted by Crippen LogP contribution is -2.08. The van der Waals surface area contributed by atoms with Crippen LogP contribution in [0.1, 0.15) is 30.9 Å². The fraction of sp³-hybridized carbons (Fsp3) is 0.333. The largest absolute Gasteiger partial charge is 0.369 e. The quantitative estimate of drug-likeness (QED) is 0.910. The maximum absolute atomic E-state index is 4.63. The Morgan fingerprint density at radius 1 is 1.11 bits per heavy atom. The van der Waals surface area contributed by atoms with Crippen LogP contribution in [0.2, 0.25) is 0 Å². The van der Waals surface area contributed by atoms with Gasteiger partial charge in [-0.2, -0.15) is 0 Å². The molecular formula is C15H18BrN3. The smallest absolute Gasteiger partial charge is 0.144 e. The van der Waals surface area contributed by atoms with Gasteiger partial charge in [0, 0.05) is 13.0 Å². The number of nitrogens with zero attached hydrogens (tertiary/aromatic N) is 2. The SMILES string of the molecule is CCNc1nc(Cc2ccccc2)nc(CC)c1Br. The highest BCUT2D eigenvalue weighted by Crippen LogP contribution is 2.24. The van der Waals surface area contributed by atoms with E-state index in [1.165, 1.54) is 5.56 Å². The maximum atomic E-state index is 4.63. The molecule has 19 heavy (non-hydrogen) atoms. The average Bonchev–Trinajstić information content (AvgIpc) is 2.43. The zero-order chi connectivity index (χ0) is 13.7. The molecule has 1 aromatic heterocycles. The summed E-state index contributed by atoms with van der Waals surface area (Å²) in [5.74, 6) is 1.75. The summed E-state index contributed by atoms with van der Waals surface area (Å²) >= 11 is 3.57. The van der Waals surface area contributed by atoms with Crippen molar-refractivity contribution in [2.75, 3.05) is 11.9 Å². The summed E-state index contributed by atoms with van der Waals surface area (Å²) in [6.45, 7) is 5.02. The van der Waals surface area contributed by atoms with Crippen LogP contribution in [0.4, 0.5) is 5.82 Å². The van der Waals surface area contributed by atoms with Crippen LogP contribution < -0.4 is 5.32 Å². The third-order valence-electron chi connectivity index (χ3n) is 2.85. The van der Waals surface area contributed by atoms with Gasteiger partial charge in [-0.25, -0.2) is 9.97 Å². The second-order valence-electron chi connectivity index (χ2n) is 4.30. The lowest BCUT2D eigenvalue weighted by Gasteiger charge is -2.11. The first-order valence-electron chi connectivity index (χ1n) is 6.57. The highest BCUT2D eigenvalue weighted by molar-refractivity contribution is 9.10. The third kappa shape index (κ3) is 3.53. The van der Waals surface area contributed by atoms with Gasteiger partial charge in [-0.05, 0) is 34.8 Å². The van der Waals surface area contributed by atoms with Gasteiger partial charge in [0.05, 0.1) is 10.2 Å². The van der Waals surface area contributed by atoms with E-state index in [4.69, 9.17) is 0 Å². The van der Waals surface area contributed by atoms with Crippen molar-refractivity contribution in [3.63, 3.8) is 0 Å². The van der Waals surface area contributed by atoms with E-state index in [9.17, 15) is 0 Å². The first-order chi connectivity index (χ1) is 9.24. The van der Waals surface area contributed by atoms with Gasteiger partial charge in [-0.3, -0.25) is 0 Å². The van der Waals surface area contributed by atoms with Gasteiger partial charge >= 0.3 is 0 Å². The molecule has 2 rings (SSSR count). The van der Waals surface area contributed by atoms with E-state index >= 15 is 0 Å². The van der Waals surface area contributed by atoms with Crippen molar-refractivity contribution in [2.45, 2.75) is 26.7 Å². The summed E-state index contributed by atoms with van der Waals surface area (Å²) in [6, 6.07) is 10.3. The first kappa shape index (κ1) is 14.0. The van der Waals surface area contributed by atoms with Gasteiger partial charge < -0.3 is 5.32 Å². The summed E-state index contributed by atoms with van der Waals surface area (Å²) < 4.78 is 0.980. The summed E-state index contributed by atoms with van der Waals surface area (Å²) in [6.07, 6.45) is 1.66. The number of benzene rings is 1. The van der Waals surface area contributed by atoms with E-state index in [1.807, 2.05) is 18.2 Å².